The summed E-state index contributed by atoms with van der Waals surface area (Å²) in [5.74, 6) is 0. The fraction of sp³-hybridized carbons (Fsp3) is 0.417. The van der Waals surface area contributed by atoms with Gasteiger partial charge in [-0.15, -0.1) is 22.7 Å². The molecule has 2 aromatic heterocycles. The van der Waals surface area contributed by atoms with Crippen molar-refractivity contribution in [3.8, 4) is 10.6 Å². The first-order valence-electron chi connectivity index (χ1n) is 5.59. The summed E-state index contributed by atoms with van der Waals surface area (Å²) in [5.41, 5.74) is 1.18. The molecule has 0 spiro atoms. The smallest absolute Gasteiger partial charge is 0.111 e. The molecule has 0 bridgehead atoms. The number of rotatable bonds is 2. The van der Waals surface area contributed by atoms with Crippen molar-refractivity contribution in [3.63, 3.8) is 0 Å². The van der Waals surface area contributed by atoms with Gasteiger partial charge in [-0.05, 0) is 37.8 Å². The highest BCUT2D eigenvalue weighted by Crippen LogP contribution is 2.35. The van der Waals surface area contributed by atoms with Gasteiger partial charge in [0.2, 0.25) is 0 Å². The molecule has 1 fully saturated rings. The van der Waals surface area contributed by atoms with Crippen LogP contribution < -0.4 is 5.32 Å². The Hall–Kier alpha value is -0.710. The van der Waals surface area contributed by atoms with Crippen LogP contribution in [0.2, 0.25) is 0 Å². The topological polar surface area (TPSA) is 24.9 Å². The standard InChI is InChI=1S/C12H14N2S2/c1-8-11(10-5-3-7-15-10)14-12(16-8)9-4-2-6-13-9/h3,5,7,9,13H,2,4,6H2,1H3. The molecule has 0 aromatic carbocycles. The molecule has 1 saturated heterocycles. The average Bonchev–Trinajstić information content (AvgIpc) is 2.97. The van der Waals surface area contributed by atoms with Crippen LogP contribution >= 0.6 is 22.7 Å². The number of nitrogens with zero attached hydrogens (tertiary/aromatic N) is 1. The van der Waals surface area contributed by atoms with Gasteiger partial charge in [-0.1, -0.05) is 6.07 Å². The van der Waals surface area contributed by atoms with Gasteiger partial charge in [0.1, 0.15) is 5.01 Å². The van der Waals surface area contributed by atoms with E-state index in [-0.39, 0.29) is 0 Å². The minimum Gasteiger partial charge on any atom is -0.308 e. The molecule has 3 rings (SSSR count). The van der Waals surface area contributed by atoms with E-state index in [1.807, 2.05) is 11.3 Å². The lowest BCUT2D eigenvalue weighted by molar-refractivity contribution is 0.643. The molecule has 3 heterocycles. The number of aromatic nitrogens is 1. The third-order valence-corrected chi connectivity index (χ3v) is 4.89. The van der Waals surface area contributed by atoms with E-state index in [1.165, 1.54) is 33.3 Å². The van der Waals surface area contributed by atoms with E-state index in [1.54, 1.807) is 11.3 Å². The number of hydrogen-bond donors (Lipinski definition) is 1. The number of nitrogens with one attached hydrogen (secondary N) is 1. The highest BCUT2D eigenvalue weighted by molar-refractivity contribution is 7.15. The number of aryl methyl sites for hydroxylation is 1. The van der Waals surface area contributed by atoms with Crippen LogP contribution in [0.25, 0.3) is 10.6 Å². The third-order valence-electron chi connectivity index (χ3n) is 2.93. The molecule has 1 atom stereocenters. The summed E-state index contributed by atoms with van der Waals surface area (Å²) >= 11 is 3.61. The molecular weight excluding hydrogens is 236 g/mol. The van der Waals surface area contributed by atoms with Gasteiger partial charge < -0.3 is 5.32 Å². The van der Waals surface area contributed by atoms with Crippen LogP contribution in [0.5, 0.6) is 0 Å². The van der Waals surface area contributed by atoms with Gasteiger partial charge in [-0.25, -0.2) is 4.98 Å². The minimum absolute atomic E-state index is 0.498. The van der Waals surface area contributed by atoms with Gasteiger partial charge in [0.25, 0.3) is 0 Å². The first kappa shape index (κ1) is 10.4. The van der Waals surface area contributed by atoms with Crippen molar-refractivity contribution in [1.82, 2.24) is 10.3 Å². The number of hydrogen-bond acceptors (Lipinski definition) is 4. The molecule has 2 aromatic rings. The Bertz CT molecular complexity index is 467. The van der Waals surface area contributed by atoms with Crippen molar-refractivity contribution in [3.05, 3.63) is 27.4 Å². The van der Waals surface area contributed by atoms with Crippen LogP contribution in [0.1, 0.15) is 28.8 Å². The van der Waals surface area contributed by atoms with E-state index < -0.39 is 0 Å². The van der Waals surface area contributed by atoms with Gasteiger partial charge in [-0.2, -0.15) is 0 Å². The summed E-state index contributed by atoms with van der Waals surface area (Å²) < 4.78 is 0. The van der Waals surface area contributed by atoms with Gasteiger partial charge in [0.05, 0.1) is 16.6 Å². The monoisotopic (exact) mass is 250 g/mol. The average molecular weight is 250 g/mol. The van der Waals surface area contributed by atoms with Crippen molar-refractivity contribution in [1.29, 1.82) is 0 Å². The fourth-order valence-corrected chi connectivity index (χ4v) is 3.99. The molecular formula is C12H14N2S2. The molecule has 1 N–H and O–H groups in total. The van der Waals surface area contributed by atoms with Crippen molar-refractivity contribution in [2.45, 2.75) is 25.8 Å². The number of thiophene rings is 1. The second-order valence-corrected chi connectivity index (χ2v) is 6.27. The van der Waals surface area contributed by atoms with Crippen molar-refractivity contribution in [2.75, 3.05) is 6.54 Å². The van der Waals surface area contributed by atoms with E-state index >= 15 is 0 Å². The second kappa shape index (κ2) is 4.28. The van der Waals surface area contributed by atoms with Crippen molar-refractivity contribution < 1.29 is 0 Å². The van der Waals surface area contributed by atoms with E-state index in [2.05, 4.69) is 29.8 Å². The van der Waals surface area contributed by atoms with Crippen LogP contribution in [0, 0.1) is 6.92 Å². The molecule has 84 valence electrons. The lowest BCUT2D eigenvalue weighted by Gasteiger charge is -2.04. The van der Waals surface area contributed by atoms with Gasteiger partial charge in [0, 0.05) is 4.88 Å². The molecule has 0 radical (unpaired) electrons. The molecule has 1 unspecified atom stereocenters. The summed E-state index contributed by atoms with van der Waals surface area (Å²) in [6.07, 6.45) is 2.51. The molecule has 1 aliphatic rings. The normalized spacial score (nSPS) is 20.4. The quantitative estimate of drug-likeness (QED) is 0.881. The van der Waals surface area contributed by atoms with Crippen LogP contribution in [0.3, 0.4) is 0 Å². The van der Waals surface area contributed by atoms with Crippen molar-refractivity contribution >= 4 is 22.7 Å². The first-order valence-corrected chi connectivity index (χ1v) is 7.29. The largest absolute Gasteiger partial charge is 0.308 e. The Morgan fingerprint density at radius 3 is 3.12 bits per heavy atom. The van der Waals surface area contributed by atoms with Gasteiger partial charge in [-0.3, -0.25) is 0 Å². The molecule has 0 saturated carbocycles. The lowest BCUT2D eigenvalue weighted by atomic mass is 10.2. The zero-order valence-corrected chi connectivity index (χ0v) is 10.8. The second-order valence-electron chi connectivity index (χ2n) is 4.08. The summed E-state index contributed by atoms with van der Waals surface area (Å²) in [6, 6.07) is 4.74. The molecule has 0 amide bonds. The summed E-state index contributed by atoms with van der Waals surface area (Å²) in [5, 5.41) is 6.89. The van der Waals surface area contributed by atoms with E-state index in [0.29, 0.717) is 6.04 Å². The summed E-state index contributed by atoms with van der Waals surface area (Å²) in [4.78, 5) is 7.43. The Balaban J connectivity index is 1.95. The molecule has 0 aliphatic carbocycles. The predicted molar refractivity (Wildman–Crippen MR) is 70.1 cm³/mol. The molecule has 16 heavy (non-hydrogen) atoms. The highest BCUT2D eigenvalue weighted by atomic mass is 32.1. The number of thiazole rings is 1. The zero-order chi connectivity index (χ0) is 11.0. The maximum Gasteiger partial charge on any atom is 0.111 e. The maximum atomic E-state index is 4.80. The zero-order valence-electron chi connectivity index (χ0n) is 9.19. The Morgan fingerprint density at radius 1 is 1.50 bits per heavy atom. The van der Waals surface area contributed by atoms with Crippen molar-refractivity contribution in [2.24, 2.45) is 0 Å². The third kappa shape index (κ3) is 1.81. The first-order chi connectivity index (χ1) is 7.84. The summed E-state index contributed by atoms with van der Waals surface area (Å²) in [7, 11) is 0. The van der Waals surface area contributed by atoms with Crippen LogP contribution in [-0.2, 0) is 0 Å². The SMILES string of the molecule is Cc1sc(C2CCCN2)nc1-c1cccs1. The van der Waals surface area contributed by atoms with Gasteiger partial charge in [0.15, 0.2) is 0 Å². The van der Waals surface area contributed by atoms with Crippen LogP contribution in [0.4, 0.5) is 0 Å². The Morgan fingerprint density at radius 2 is 2.44 bits per heavy atom. The molecule has 4 heteroatoms. The maximum absolute atomic E-state index is 4.80. The Labute approximate surface area is 103 Å². The Kier molecular flexibility index (Phi) is 2.79. The lowest BCUT2D eigenvalue weighted by Crippen LogP contribution is -2.12. The highest BCUT2D eigenvalue weighted by Gasteiger charge is 2.21. The van der Waals surface area contributed by atoms with E-state index in [4.69, 9.17) is 4.98 Å². The van der Waals surface area contributed by atoms with Crippen LogP contribution in [0.15, 0.2) is 17.5 Å². The predicted octanol–water partition coefficient (Wildman–Crippen LogP) is 3.60. The molecule has 1 aliphatic heterocycles. The summed E-state index contributed by atoms with van der Waals surface area (Å²) in [6.45, 7) is 3.31. The van der Waals surface area contributed by atoms with Gasteiger partial charge >= 0.3 is 0 Å². The minimum atomic E-state index is 0.498. The van der Waals surface area contributed by atoms with Crippen LogP contribution in [-0.4, -0.2) is 11.5 Å². The fourth-order valence-electron chi connectivity index (χ4n) is 2.10. The van der Waals surface area contributed by atoms with E-state index in [9.17, 15) is 0 Å². The van der Waals surface area contributed by atoms with E-state index in [0.717, 1.165) is 6.54 Å². The molecule has 2 nitrogen and oxygen atoms in total.